The molecule has 0 unspecified atom stereocenters. The number of nitrogens with zero attached hydrogens (tertiary/aromatic N) is 4. The van der Waals surface area contributed by atoms with Crippen molar-refractivity contribution in [1.29, 1.82) is 0 Å². The highest BCUT2D eigenvalue weighted by Crippen LogP contribution is 2.10. The Bertz CT molecular complexity index is 417. The van der Waals surface area contributed by atoms with E-state index in [4.69, 9.17) is 5.73 Å². The van der Waals surface area contributed by atoms with Crippen LogP contribution < -0.4 is 5.73 Å². The lowest BCUT2D eigenvalue weighted by molar-refractivity contribution is -0.130. The van der Waals surface area contributed by atoms with E-state index in [1.54, 1.807) is 4.90 Å². The second kappa shape index (κ2) is 6.68. The van der Waals surface area contributed by atoms with Crippen LogP contribution in [0.2, 0.25) is 0 Å². The molecule has 1 aliphatic heterocycles. The molecule has 19 heavy (non-hydrogen) atoms. The van der Waals surface area contributed by atoms with Crippen molar-refractivity contribution in [2.45, 2.75) is 25.9 Å². The van der Waals surface area contributed by atoms with Crippen LogP contribution in [0.15, 0.2) is 12.4 Å². The largest absolute Gasteiger partial charge is 0.346 e. The van der Waals surface area contributed by atoms with E-state index in [0.717, 1.165) is 45.0 Å². The van der Waals surface area contributed by atoms with Crippen molar-refractivity contribution < 1.29 is 4.79 Å². The van der Waals surface area contributed by atoms with Gasteiger partial charge in [-0.25, -0.2) is 4.98 Å². The van der Waals surface area contributed by atoms with E-state index in [9.17, 15) is 4.79 Å². The number of hydrogen-bond donors (Lipinski definition) is 1. The SMILES string of the molecule is CN(CCCN)C(=O)CCN1CCn2ccnc2C1. The van der Waals surface area contributed by atoms with Crippen LogP contribution in [0.5, 0.6) is 0 Å². The molecular weight excluding hydrogens is 242 g/mol. The highest BCUT2D eigenvalue weighted by Gasteiger charge is 2.17. The molecule has 1 aromatic heterocycles. The molecule has 0 saturated carbocycles. The maximum Gasteiger partial charge on any atom is 0.223 e. The van der Waals surface area contributed by atoms with Gasteiger partial charge in [0.15, 0.2) is 0 Å². The van der Waals surface area contributed by atoms with Gasteiger partial charge < -0.3 is 15.2 Å². The van der Waals surface area contributed by atoms with Crippen molar-refractivity contribution in [1.82, 2.24) is 19.4 Å². The van der Waals surface area contributed by atoms with Crippen LogP contribution in [0.25, 0.3) is 0 Å². The number of rotatable bonds is 6. The van der Waals surface area contributed by atoms with Crippen LogP contribution in [0.3, 0.4) is 0 Å². The Morgan fingerprint density at radius 1 is 1.53 bits per heavy atom. The molecule has 2 N–H and O–H groups in total. The molecule has 6 heteroatoms. The van der Waals surface area contributed by atoms with E-state index < -0.39 is 0 Å². The first-order valence-electron chi connectivity index (χ1n) is 6.87. The lowest BCUT2D eigenvalue weighted by atomic mass is 10.3. The minimum Gasteiger partial charge on any atom is -0.346 e. The zero-order valence-electron chi connectivity index (χ0n) is 11.6. The third kappa shape index (κ3) is 3.78. The van der Waals surface area contributed by atoms with E-state index >= 15 is 0 Å². The van der Waals surface area contributed by atoms with Gasteiger partial charge in [-0.15, -0.1) is 0 Å². The summed E-state index contributed by atoms with van der Waals surface area (Å²) in [6.07, 6.45) is 5.29. The minimum atomic E-state index is 0.197. The summed E-state index contributed by atoms with van der Waals surface area (Å²) < 4.78 is 2.17. The molecule has 106 valence electrons. The molecule has 0 fully saturated rings. The predicted octanol–water partition coefficient (Wildman–Crippen LogP) is -0.104. The third-order valence-electron chi connectivity index (χ3n) is 3.59. The van der Waals surface area contributed by atoms with E-state index in [0.29, 0.717) is 13.0 Å². The molecule has 6 nitrogen and oxygen atoms in total. The van der Waals surface area contributed by atoms with Crippen molar-refractivity contribution in [3.63, 3.8) is 0 Å². The Labute approximate surface area is 114 Å². The molecule has 1 amide bonds. The standard InChI is InChI=1S/C13H23N5O/c1-16(6-2-4-14)13(19)3-7-17-9-10-18-8-5-15-12(18)11-17/h5,8H,2-4,6-7,9-11,14H2,1H3. The Kier molecular flexibility index (Phi) is 4.93. The topological polar surface area (TPSA) is 67.4 Å². The van der Waals surface area contributed by atoms with Crippen LogP contribution in [0.4, 0.5) is 0 Å². The number of nitrogens with two attached hydrogens (primary N) is 1. The average molecular weight is 265 g/mol. The molecular formula is C13H23N5O. The summed E-state index contributed by atoms with van der Waals surface area (Å²) >= 11 is 0. The zero-order valence-corrected chi connectivity index (χ0v) is 11.6. The van der Waals surface area contributed by atoms with Gasteiger partial charge in [0.1, 0.15) is 5.82 Å². The molecule has 2 rings (SSSR count). The van der Waals surface area contributed by atoms with Crippen LogP contribution in [-0.2, 0) is 17.9 Å². The number of fused-ring (bicyclic) bond motifs is 1. The Balaban J connectivity index is 1.73. The maximum absolute atomic E-state index is 11.9. The van der Waals surface area contributed by atoms with Gasteiger partial charge in [-0.2, -0.15) is 0 Å². The second-order valence-corrected chi connectivity index (χ2v) is 5.02. The lowest BCUT2D eigenvalue weighted by Crippen LogP contribution is -2.37. The maximum atomic E-state index is 11.9. The summed E-state index contributed by atoms with van der Waals surface area (Å²) in [5.41, 5.74) is 5.45. The van der Waals surface area contributed by atoms with Gasteiger partial charge in [-0.05, 0) is 13.0 Å². The fraction of sp³-hybridized carbons (Fsp3) is 0.692. The molecule has 0 radical (unpaired) electrons. The van der Waals surface area contributed by atoms with E-state index in [1.807, 2.05) is 19.4 Å². The number of aromatic nitrogens is 2. The summed E-state index contributed by atoms with van der Waals surface area (Å²) in [5, 5.41) is 0. The van der Waals surface area contributed by atoms with E-state index in [-0.39, 0.29) is 5.91 Å². The molecule has 0 atom stereocenters. The van der Waals surface area contributed by atoms with Crippen LogP contribution >= 0.6 is 0 Å². The highest BCUT2D eigenvalue weighted by molar-refractivity contribution is 5.76. The van der Waals surface area contributed by atoms with Gasteiger partial charge in [-0.3, -0.25) is 9.69 Å². The van der Waals surface area contributed by atoms with Gasteiger partial charge in [0.25, 0.3) is 0 Å². The summed E-state index contributed by atoms with van der Waals surface area (Å²) in [6.45, 7) is 4.98. The minimum absolute atomic E-state index is 0.197. The Morgan fingerprint density at radius 2 is 2.37 bits per heavy atom. The summed E-state index contributed by atoms with van der Waals surface area (Å²) in [5.74, 6) is 1.29. The van der Waals surface area contributed by atoms with E-state index in [2.05, 4.69) is 14.5 Å². The second-order valence-electron chi connectivity index (χ2n) is 5.02. The lowest BCUT2D eigenvalue weighted by Gasteiger charge is -2.28. The normalized spacial score (nSPS) is 15.3. The smallest absolute Gasteiger partial charge is 0.223 e. The predicted molar refractivity (Wildman–Crippen MR) is 73.4 cm³/mol. The number of carbonyl (C=O) groups excluding carboxylic acids is 1. The molecule has 2 heterocycles. The van der Waals surface area contributed by atoms with Crippen molar-refractivity contribution in [2.75, 3.05) is 33.2 Å². The highest BCUT2D eigenvalue weighted by atomic mass is 16.2. The quantitative estimate of drug-likeness (QED) is 0.780. The fourth-order valence-corrected chi connectivity index (χ4v) is 2.31. The van der Waals surface area contributed by atoms with Gasteiger partial charge in [0.2, 0.25) is 5.91 Å². The molecule has 0 spiro atoms. The third-order valence-corrected chi connectivity index (χ3v) is 3.59. The first kappa shape index (κ1) is 14.0. The number of hydrogen-bond acceptors (Lipinski definition) is 4. The van der Waals surface area contributed by atoms with Crippen molar-refractivity contribution in [3.05, 3.63) is 18.2 Å². The molecule has 0 saturated heterocycles. The van der Waals surface area contributed by atoms with Gasteiger partial charge in [-0.1, -0.05) is 0 Å². The van der Waals surface area contributed by atoms with Gasteiger partial charge in [0.05, 0.1) is 6.54 Å². The molecule has 0 aliphatic carbocycles. The van der Waals surface area contributed by atoms with Gasteiger partial charge in [0, 0.05) is 52.0 Å². The van der Waals surface area contributed by atoms with Crippen molar-refractivity contribution >= 4 is 5.91 Å². The molecule has 1 aromatic rings. The Hall–Kier alpha value is -1.40. The monoisotopic (exact) mass is 265 g/mol. The zero-order chi connectivity index (χ0) is 13.7. The van der Waals surface area contributed by atoms with Gasteiger partial charge >= 0.3 is 0 Å². The fourth-order valence-electron chi connectivity index (χ4n) is 2.31. The summed E-state index contributed by atoms with van der Waals surface area (Å²) in [4.78, 5) is 20.3. The van der Waals surface area contributed by atoms with Crippen LogP contribution in [0.1, 0.15) is 18.7 Å². The number of imidazole rings is 1. The number of carbonyl (C=O) groups is 1. The molecule has 1 aliphatic rings. The molecule has 0 aromatic carbocycles. The Morgan fingerprint density at radius 3 is 3.16 bits per heavy atom. The summed E-state index contributed by atoms with van der Waals surface area (Å²) in [6, 6.07) is 0. The van der Waals surface area contributed by atoms with Crippen molar-refractivity contribution in [3.8, 4) is 0 Å². The summed E-state index contributed by atoms with van der Waals surface area (Å²) in [7, 11) is 1.85. The average Bonchev–Trinajstić information content (AvgIpc) is 2.89. The van der Waals surface area contributed by atoms with Crippen LogP contribution in [0, 0.1) is 0 Å². The molecule has 0 bridgehead atoms. The first-order valence-corrected chi connectivity index (χ1v) is 6.87. The van der Waals surface area contributed by atoms with E-state index in [1.165, 1.54) is 0 Å². The van der Waals surface area contributed by atoms with Crippen molar-refractivity contribution in [2.24, 2.45) is 5.73 Å². The number of amides is 1. The van der Waals surface area contributed by atoms with Crippen LogP contribution in [-0.4, -0.2) is 58.5 Å². The first-order chi connectivity index (χ1) is 9.20.